The van der Waals surface area contributed by atoms with Gasteiger partial charge in [0.15, 0.2) is 0 Å². The van der Waals surface area contributed by atoms with Crippen LogP contribution in [0.4, 0.5) is 5.69 Å². The lowest BCUT2D eigenvalue weighted by Gasteiger charge is -1.81. The summed E-state index contributed by atoms with van der Waals surface area (Å²) in [6.07, 6.45) is 0. The van der Waals surface area contributed by atoms with Gasteiger partial charge in [-0.15, -0.1) is 0 Å². The number of hydrogen-bond donors (Lipinski definition) is 0. The lowest BCUT2D eigenvalue weighted by Crippen LogP contribution is -3.00. The second-order valence-corrected chi connectivity index (χ2v) is 2.71. The van der Waals surface area contributed by atoms with Crippen LogP contribution in [0.25, 0.3) is 0 Å². The first-order chi connectivity index (χ1) is 4.47. The van der Waals surface area contributed by atoms with Gasteiger partial charge in [-0.3, -0.25) is 0 Å². The first kappa shape index (κ1) is 8.07. The van der Waals surface area contributed by atoms with Crippen molar-refractivity contribution in [2.75, 3.05) is 0 Å². The number of para-hydroxylation sites is 1. The van der Waals surface area contributed by atoms with E-state index in [2.05, 4.69) is 11.1 Å². The fraction of sp³-hybridized carbons (Fsp3) is 0. The molecule has 0 bridgehead atoms. The van der Waals surface area contributed by atoms with Gasteiger partial charge in [-0.2, -0.15) is 0 Å². The smallest absolute Gasteiger partial charge is 0.291 e. The van der Waals surface area contributed by atoms with Crippen molar-refractivity contribution in [2.45, 2.75) is 4.90 Å². The van der Waals surface area contributed by atoms with Crippen molar-refractivity contribution >= 4 is 23.0 Å². The Labute approximate surface area is 81.0 Å². The first-order valence-electron chi connectivity index (χ1n) is 2.75. The Balaban J connectivity index is 0.000000500. The molecule has 0 atom stereocenters. The topological polar surface area (TPSA) is 14.1 Å². The minimum Gasteiger partial charge on any atom is -1.00 e. The van der Waals surface area contributed by atoms with Crippen LogP contribution in [-0.4, -0.2) is 5.55 Å². The predicted octanol–water partition coefficient (Wildman–Crippen LogP) is -1.21. The summed E-state index contributed by atoms with van der Waals surface area (Å²) in [7, 11) is 0. The lowest BCUT2D eigenvalue weighted by atomic mass is 10.3. The lowest BCUT2D eigenvalue weighted by molar-refractivity contribution is -0.00000175. The molecule has 0 saturated carbocycles. The quantitative estimate of drug-likeness (QED) is 0.535. The Bertz CT molecular complexity index is 260. The maximum Gasteiger partial charge on any atom is 0.291 e. The molecule has 1 radical (unpaired) electrons. The van der Waals surface area contributed by atoms with Gasteiger partial charge in [-0.1, -0.05) is 12.1 Å². The zero-order valence-electron chi connectivity index (χ0n) is 5.12. The van der Waals surface area contributed by atoms with E-state index in [4.69, 9.17) is 0 Å². The highest BCUT2D eigenvalue weighted by Crippen LogP contribution is 2.27. The maximum atomic E-state index is 4.14. The Morgan fingerprint density at radius 3 is 2.80 bits per heavy atom. The second kappa shape index (κ2) is 3.39. The monoisotopic (exact) mass is 262 g/mol. The van der Waals surface area contributed by atoms with Gasteiger partial charge >= 0.3 is 0 Å². The Hall–Kier alpha value is -0.0300. The largest absolute Gasteiger partial charge is 1.00 e. The van der Waals surface area contributed by atoms with Crippen LogP contribution >= 0.6 is 11.8 Å². The molecule has 0 fully saturated rings. The summed E-state index contributed by atoms with van der Waals surface area (Å²) >= 11 is 1.68. The zero-order valence-corrected chi connectivity index (χ0v) is 8.09. The zero-order chi connectivity index (χ0) is 6.10. The third-order valence-corrected chi connectivity index (χ3v) is 2.05. The molecule has 1 heterocycles. The molecule has 1 aromatic rings. The molecule has 2 rings (SSSR count). The normalized spacial score (nSPS) is 12.4. The summed E-state index contributed by atoms with van der Waals surface area (Å²) in [6, 6.07) is 8.13. The minimum absolute atomic E-state index is 0. The van der Waals surface area contributed by atoms with Crippen molar-refractivity contribution in [3.05, 3.63) is 24.3 Å². The molecule has 1 aliphatic rings. The van der Waals surface area contributed by atoms with Crippen molar-refractivity contribution < 1.29 is 24.0 Å². The molecule has 0 saturated heterocycles. The number of fused-ring (bicyclic) bond motifs is 1. The van der Waals surface area contributed by atoms with E-state index in [9.17, 15) is 0 Å². The van der Waals surface area contributed by atoms with E-state index in [0.29, 0.717) is 0 Å². The van der Waals surface area contributed by atoms with Gasteiger partial charge in [0.1, 0.15) is 0 Å². The molecule has 0 aromatic heterocycles. The SMILES string of the molecule is C1=[N+]c2ccccc2S1.[I-]. The molecule has 0 amide bonds. The van der Waals surface area contributed by atoms with Crippen LogP contribution < -0.4 is 29.0 Å². The first-order valence-corrected chi connectivity index (χ1v) is 3.63. The number of benzene rings is 1. The molecule has 3 heteroatoms. The molecule has 0 N–H and O–H groups in total. The molecule has 1 aromatic carbocycles. The van der Waals surface area contributed by atoms with Crippen LogP contribution in [0.3, 0.4) is 0 Å². The van der Waals surface area contributed by atoms with E-state index >= 15 is 0 Å². The summed E-state index contributed by atoms with van der Waals surface area (Å²) in [5.41, 5.74) is 2.97. The average Bonchev–Trinajstić information content (AvgIpc) is 2.33. The highest BCUT2D eigenvalue weighted by Gasteiger charge is 2.16. The summed E-state index contributed by atoms with van der Waals surface area (Å²) < 4.78 is 0. The minimum atomic E-state index is 0. The Morgan fingerprint density at radius 1 is 1.20 bits per heavy atom. The van der Waals surface area contributed by atoms with Gasteiger partial charge in [-0.25, -0.2) is 0 Å². The summed E-state index contributed by atoms with van der Waals surface area (Å²) in [5.74, 6) is 0. The van der Waals surface area contributed by atoms with Crippen LogP contribution in [0.2, 0.25) is 0 Å². The van der Waals surface area contributed by atoms with Gasteiger partial charge < -0.3 is 24.0 Å². The fourth-order valence-electron chi connectivity index (χ4n) is 0.803. The van der Waals surface area contributed by atoms with E-state index in [1.165, 1.54) is 4.90 Å². The molecule has 10 heavy (non-hydrogen) atoms. The van der Waals surface area contributed by atoms with Gasteiger partial charge in [-0.05, 0) is 17.8 Å². The number of hydrogen-bond acceptors (Lipinski definition) is 2. The summed E-state index contributed by atoms with van der Waals surface area (Å²) in [6.45, 7) is 0. The third-order valence-electron chi connectivity index (χ3n) is 1.24. The number of nitrogens with zero attached hydrogens (tertiary/aromatic N) is 1. The molecule has 0 aliphatic carbocycles. The molecule has 0 unspecified atom stereocenters. The number of thioether (sulfide) groups is 1. The van der Waals surface area contributed by atoms with E-state index in [1.54, 1.807) is 11.8 Å². The average molecular weight is 262 g/mol. The molecule has 0 spiro atoms. The Morgan fingerprint density at radius 2 is 2.00 bits per heavy atom. The van der Waals surface area contributed by atoms with Gasteiger partial charge in [0.25, 0.3) is 11.2 Å². The summed E-state index contributed by atoms with van der Waals surface area (Å²) in [5, 5.41) is 0. The summed E-state index contributed by atoms with van der Waals surface area (Å²) in [4.78, 5) is 5.40. The van der Waals surface area contributed by atoms with E-state index in [0.717, 1.165) is 5.69 Å². The van der Waals surface area contributed by atoms with Crippen LogP contribution in [0.5, 0.6) is 0 Å². The molecule has 1 nitrogen and oxygen atoms in total. The van der Waals surface area contributed by atoms with Crippen molar-refractivity contribution in [1.82, 2.24) is 4.99 Å². The number of rotatable bonds is 0. The van der Waals surface area contributed by atoms with Gasteiger partial charge in [0, 0.05) is 6.07 Å². The molecule has 1 aliphatic heterocycles. The fourth-order valence-corrected chi connectivity index (χ4v) is 1.48. The van der Waals surface area contributed by atoms with Gasteiger partial charge in [0.05, 0.1) is 9.89 Å². The van der Waals surface area contributed by atoms with Crippen LogP contribution in [0.15, 0.2) is 29.2 Å². The van der Waals surface area contributed by atoms with E-state index < -0.39 is 0 Å². The van der Waals surface area contributed by atoms with Crippen molar-refractivity contribution in [1.29, 1.82) is 0 Å². The highest BCUT2D eigenvalue weighted by molar-refractivity contribution is 8.12. The van der Waals surface area contributed by atoms with Crippen molar-refractivity contribution in [2.24, 2.45) is 0 Å². The Kier molecular flexibility index (Phi) is 2.73. The van der Waals surface area contributed by atoms with Crippen LogP contribution in [0.1, 0.15) is 0 Å². The van der Waals surface area contributed by atoms with E-state index in [1.807, 2.05) is 23.7 Å². The number of halogens is 1. The standard InChI is InChI=1S/C7H5NS.HI/c1-2-4-7-6(3-1)8-5-9-7;/h1-5H;1H/q+1;/p-1. The van der Waals surface area contributed by atoms with Gasteiger partial charge in [0.2, 0.25) is 0 Å². The third kappa shape index (κ3) is 1.34. The molecular weight excluding hydrogens is 257 g/mol. The second-order valence-electron chi connectivity index (χ2n) is 1.82. The van der Waals surface area contributed by atoms with E-state index in [-0.39, 0.29) is 24.0 Å². The van der Waals surface area contributed by atoms with Crippen molar-refractivity contribution in [3.63, 3.8) is 0 Å². The van der Waals surface area contributed by atoms with Crippen molar-refractivity contribution in [3.8, 4) is 0 Å². The van der Waals surface area contributed by atoms with Crippen LogP contribution in [-0.2, 0) is 0 Å². The van der Waals surface area contributed by atoms with Crippen LogP contribution in [0, 0.1) is 0 Å². The number of aliphatic imine (C=N–C) groups is 1. The maximum absolute atomic E-state index is 4.14. The highest BCUT2D eigenvalue weighted by atomic mass is 127. The molecular formula is C7H5INS. The molecule has 51 valence electrons. The predicted molar refractivity (Wildman–Crippen MR) is 40.2 cm³/mol.